The van der Waals surface area contributed by atoms with Crippen molar-refractivity contribution in [3.05, 3.63) is 34.0 Å². The van der Waals surface area contributed by atoms with E-state index in [0.717, 1.165) is 36.8 Å². The molecule has 27 heavy (non-hydrogen) atoms. The Kier molecular flexibility index (Phi) is 9.46. The van der Waals surface area contributed by atoms with Crippen LogP contribution in [-0.4, -0.2) is 45.3 Å². The van der Waals surface area contributed by atoms with E-state index in [4.69, 9.17) is 11.6 Å². The van der Waals surface area contributed by atoms with Gasteiger partial charge in [-0.3, -0.25) is 4.79 Å². The number of aryl methyl sites for hydroxylation is 1. The molecule has 1 heterocycles. The molecule has 0 radical (unpaired) electrons. The summed E-state index contributed by atoms with van der Waals surface area (Å²) in [4.78, 5) is 12.7. The van der Waals surface area contributed by atoms with Gasteiger partial charge in [0, 0.05) is 16.2 Å². The van der Waals surface area contributed by atoms with Gasteiger partial charge >= 0.3 is 0 Å². The predicted octanol–water partition coefficient (Wildman–Crippen LogP) is 3.96. The lowest BCUT2D eigenvalue weighted by atomic mass is 9.89. The lowest BCUT2D eigenvalue weighted by molar-refractivity contribution is 0.112. The highest BCUT2D eigenvalue weighted by Crippen LogP contribution is 2.40. The highest BCUT2D eigenvalue weighted by atomic mass is 35.5. The average molecular weight is 415 g/mol. The fraction of sp³-hybridized carbons (Fsp3) is 0.667. The van der Waals surface area contributed by atoms with Crippen molar-refractivity contribution in [1.82, 2.24) is 0 Å². The molecule has 6 atom stereocenters. The summed E-state index contributed by atoms with van der Waals surface area (Å²) < 4.78 is 0. The molecule has 0 saturated heterocycles. The van der Waals surface area contributed by atoms with Gasteiger partial charge in [0.2, 0.25) is 0 Å². The van der Waals surface area contributed by atoms with Gasteiger partial charge in [0.1, 0.15) is 0 Å². The van der Waals surface area contributed by atoms with Gasteiger partial charge in [-0.15, -0.1) is 22.9 Å². The molecule has 1 fully saturated rings. The topological polar surface area (TPSA) is 77.8 Å². The molecular weight excluding hydrogens is 384 g/mol. The van der Waals surface area contributed by atoms with Crippen LogP contribution in [0.15, 0.2) is 24.3 Å². The number of hydrogen-bond acceptors (Lipinski definition) is 5. The number of rotatable bonds is 11. The second kappa shape index (κ2) is 11.3. The fourth-order valence-electron chi connectivity index (χ4n) is 3.81. The molecule has 2 rings (SSSR count). The SMILES string of the molecule is C[C@@H](O)CCC[C@H](O)/C=C/[C@@H]1[C@@H](CCCc2ccc(C=O)s2)[C@H](Cl)C[C@H]1O. The van der Waals surface area contributed by atoms with Gasteiger partial charge in [-0.2, -0.15) is 0 Å². The highest BCUT2D eigenvalue weighted by Gasteiger charge is 2.39. The van der Waals surface area contributed by atoms with Gasteiger partial charge < -0.3 is 15.3 Å². The third-order valence-electron chi connectivity index (χ3n) is 5.31. The minimum absolute atomic E-state index is 0.0345. The lowest BCUT2D eigenvalue weighted by Crippen LogP contribution is -2.19. The molecule has 152 valence electrons. The number of thiophene rings is 1. The molecular formula is C21H31ClO4S. The second-order valence-corrected chi connectivity index (χ2v) is 9.37. The Balaban J connectivity index is 1.83. The number of carbonyl (C=O) groups excluding carboxylic acids is 1. The molecule has 0 bridgehead atoms. The van der Waals surface area contributed by atoms with Crippen LogP contribution in [0.4, 0.5) is 0 Å². The van der Waals surface area contributed by atoms with Gasteiger partial charge in [-0.05, 0) is 69.9 Å². The molecule has 1 aromatic rings. The van der Waals surface area contributed by atoms with Crippen LogP contribution >= 0.6 is 22.9 Å². The van der Waals surface area contributed by atoms with Crippen LogP contribution in [0.5, 0.6) is 0 Å². The minimum Gasteiger partial charge on any atom is -0.393 e. The van der Waals surface area contributed by atoms with Crippen LogP contribution in [0.25, 0.3) is 0 Å². The van der Waals surface area contributed by atoms with Crippen LogP contribution in [0.3, 0.4) is 0 Å². The summed E-state index contributed by atoms with van der Waals surface area (Å²) in [5, 5.41) is 29.7. The lowest BCUT2D eigenvalue weighted by Gasteiger charge is -2.21. The van der Waals surface area contributed by atoms with Gasteiger partial charge in [-0.25, -0.2) is 0 Å². The summed E-state index contributed by atoms with van der Waals surface area (Å²) in [5.74, 6) is 0.154. The smallest absolute Gasteiger partial charge is 0.160 e. The van der Waals surface area contributed by atoms with Crippen molar-refractivity contribution >= 4 is 29.2 Å². The number of aliphatic hydroxyl groups is 3. The van der Waals surface area contributed by atoms with Crippen molar-refractivity contribution in [2.45, 2.75) is 75.6 Å². The van der Waals surface area contributed by atoms with Crippen molar-refractivity contribution in [3.63, 3.8) is 0 Å². The van der Waals surface area contributed by atoms with Crippen LogP contribution in [0.2, 0.25) is 0 Å². The third-order valence-corrected chi connectivity index (χ3v) is 6.88. The van der Waals surface area contributed by atoms with Gasteiger partial charge in [0.15, 0.2) is 6.29 Å². The molecule has 4 nitrogen and oxygen atoms in total. The van der Waals surface area contributed by atoms with Crippen LogP contribution < -0.4 is 0 Å². The van der Waals surface area contributed by atoms with E-state index in [2.05, 4.69) is 0 Å². The van der Waals surface area contributed by atoms with Crippen LogP contribution in [-0.2, 0) is 6.42 Å². The summed E-state index contributed by atoms with van der Waals surface area (Å²) >= 11 is 8.01. The Morgan fingerprint density at radius 3 is 2.74 bits per heavy atom. The van der Waals surface area contributed by atoms with Gasteiger partial charge in [0.05, 0.1) is 23.2 Å². The number of aldehydes is 1. The van der Waals surface area contributed by atoms with Crippen molar-refractivity contribution in [2.24, 2.45) is 11.8 Å². The largest absolute Gasteiger partial charge is 0.393 e. The Hall–Kier alpha value is -0.720. The van der Waals surface area contributed by atoms with Gasteiger partial charge in [0.25, 0.3) is 0 Å². The molecule has 1 aromatic heterocycles. The average Bonchev–Trinajstić information content (AvgIpc) is 3.17. The first-order chi connectivity index (χ1) is 12.9. The maximum absolute atomic E-state index is 10.8. The first-order valence-corrected chi connectivity index (χ1v) is 11.1. The molecule has 3 N–H and O–H groups in total. The molecule has 1 saturated carbocycles. The van der Waals surface area contributed by atoms with Crippen LogP contribution in [0, 0.1) is 11.8 Å². The Morgan fingerprint density at radius 1 is 1.30 bits per heavy atom. The van der Waals surface area contributed by atoms with Gasteiger partial charge in [-0.1, -0.05) is 12.2 Å². The fourth-order valence-corrected chi connectivity index (χ4v) is 5.16. The normalized spacial score (nSPS) is 27.9. The van der Waals surface area contributed by atoms with E-state index in [-0.39, 0.29) is 23.3 Å². The molecule has 6 heteroatoms. The zero-order valence-corrected chi connectivity index (χ0v) is 17.4. The summed E-state index contributed by atoms with van der Waals surface area (Å²) in [7, 11) is 0. The van der Waals surface area contributed by atoms with E-state index in [1.54, 1.807) is 13.0 Å². The van der Waals surface area contributed by atoms with Crippen molar-refractivity contribution < 1.29 is 20.1 Å². The van der Waals surface area contributed by atoms with E-state index < -0.39 is 12.2 Å². The third kappa shape index (κ3) is 7.31. The molecule has 0 aromatic carbocycles. The van der Waals surface area contributed by atoms with Crippen molar-refractivity contribution in [3.8, 4) is 0 Å². The molecule has 0 amide bonds. The van der Waals surface area contributed by atoms with Crippen molar-refractivity contribution in [1.29, 1.82) is 0 Å². The molecule has 1 aliphatic rings. The van der Waals surface area contributed by atoms with E-state index in [0.29, 0.717) is 19.3 Å². The number of aliphatic hydroxyl groups excluding tert-OH is 3. The predicted molar refractivity (Wildman–Crippen MR) is 111 cm³/mol. The second-order valence-electron chi connectivity index (χ2n) is 7.61. The minimum atomic E-state index is -0.557. The number of hydrogen-bond donors (Lipinski definition) is 3. The molecule has 0 aliphatic heterocycles. The van der Waals surface area contributed by atoms with Crippen molar-refractivity contribution in [2.75, 3.05) is 0 Å². The molecule has 0 unspecified atom stereocenters. The van der Waals surface area contributed by atoms with E-state index in [1.165, 1.54) is 16.2 Å². The molecule has 1 aliphatic carbocycles. The number of alkyl halides is 1. The summed E-state index contributed by atoms with van der Waals surface area (Å²) in [6.07, 6.45) is 8.62. The summed E-state index contributed by atoms with van der Waals surface area (Å²) in [6.45, 7) is 1.75. The first kappa shape index (κ1) is 22.6. The zero-order chi connectivity index (χ0) is 19.8. The number of halogens is 1. The standard InChI is InChI=1S/C21H31ClO4S/c1-14(24)4-2-5-15(25)8-11-19-18(20(22)12-21(19)26)7-3-6-16-9-10-17(13-23)27-16/h8-11,13-15,18-21,24-26H,2-7,12H2,1H3/b11-8+/t14-,15+,18-,19-,20-,21-/m1/s1. The Bertz CT molecular complexity index is 601. The van der Waals surface area contributed by atoms with E-state index >= 15 is 0 Å². The van der Waals surface area contributed by atoms with Crippen LogP contribution in [0.1, 0.15) is 60.0 Å². The summed E-state index contributed by atoms with van der Waals surface area (Å²) in [6, 6.07) is 3.85. The maximum Gasteiger partial charge on any atom is 0.160 e. The first-order valence-electron chi connectivity index (χ1n) is 9.81. The monoisotopic (exact) mass is 414 g/mol. The summed E-state index contributed by atoms with van der Waals surface area (Å²) in [5.41, 5.74) is 0. The molecule has 0 spiro atoms. The maximum atomic E-state index is 10.8. The van der Waals surface area contributed by atoms with E-state index in [9.17, 15) is 20.1 Å². The highest BCUT2D eigenvalue weighted by molar-refractivity contribution is 7.13. The Labute approximate surface area is 170 Å². The zero-order valence-electron chi connectivity index (χ0n) is 15.8. The number of carbonyl (C=O) groups is 1. The van der Waals surface area contributed by atoms with E-state index in [1.807, 2.05) is 18.2 Å². The quantitative estimate of drug-likeness (QED) is 0.291. The Morgan fingerprint density at radius 2 is 2.07 bits per heavy atom.